The minimum atomic E-state index is -0.561. The quantitative estimate of drug-likeness (QED) is 0.613. The maximum Gasteiger partial charge on any atom is 0.311 e. The second kappa shape index (κ2) is 3.65. The number of nitrogens with zero attached hydrogens (tertiary/aromatic N) is 2. The first-order chi connectivity index (χ1) is 7.65. The topological polar surface area (TPSA) is 91.3 Å². The Labute approximate surface area is 90.8 Å². The molecule has 2 rings (SSSR count). The van der Waals surface area contributed by atoms with Crippen LogP contribution < -0.4 is 10.5 Å². The van der Waals surface area contributed by atoms with Crippen LogP contribution in [0, 0.1) is 10.1 Å². The Morgan fingerprint density at radius 2 is 2.25 bits per heavy atom. The van der Waals surface area contributed by atoms with E-state index < -0.39 is 4.92 Å². The minimum Gasteiger partial charge on any atom is -0.496 e. The van der Waals surface area contributed by atoms with E-state index in [2.05, 4.69) is 4.98 Å². The second-order valence-electron chi connectivity index (χ2n) is 3.17. The van der Waals surface area contributed by atoms with Gasteiger partial charge in [0.15, 0.2) is 0 Å². The van der Waals surface area contributed by atoms with E-state index >= 15 is 0 Å². The summed E-state index contributed by atoms with van der Waals surface area (Å²) in [5, 5.41) is 11.2. The number of benzene rings is 1. The zero-order valence-electron chi connectivity index (χ0n) is 8.51. The third kappa shape index (κ3) is 1.40. The second-order valence-corrected chi connectivity index (χ2v) is 3.17. The summed E-state index contributed by atoms with van der Waals surface area (Å²) in [7, 11) is 1.48. The SMILES string of the molecule is COc1cccc2ncc([N+](=O)[O-])c(N)c12. The molecule has 82 valence electrons. The van der Waals surface area contributed by atoms with Crippen LogP contribution >= 0.6 is 0 Å². The fraction of sp³-hybridized carbons (Fsp3) is 0.100. The van der Waals surface area contributed by atoms with E-state index in [0.717, 1.165) is 6.20 Å². The molecule has 0 radical (unpaired) electrons. The molecule has 0 fully saturated rings. The molecule has 0 amide bonds. The van der Waals surface area contributed by atoms with Crippen molar-refractivity contribution >= 4 is 22.3 Å². The van der Waals surface area contributed by atoms with Gasteiger partial charge in [-0.15, -0.1) is 0 Å². The van der Waals surface area contributed by atoms with Crippen molar-refractivity contribution in [2.75, 3.05) is 12.8 Å². The van der Waals surface area contributed by atoms with E-state index in [1.54, 1.807) is 18.2 Å². The van der Waals surface area contributed by atoms with Crippen LogP contribution in [0.5, 0.6) is 5.75 Å². The molecule has 0 atom stereocenters. The molecule has 16 heavy (non-hydrogen) atoms. The van der Waals surface area contributed by atoms with Gasteiger partial charge in [-0.05, 0) is 12.1 Å². The van der Waals surface area contributed by atoms with Gasteiger partial charge in [-0.3, -0.25) is 10.1 Å². The van der Waals surface area contributed by atoms with E-state index in [4.69, 9.17) is 10.5 Å². The molecule has 0 aliphatic rings. The number of pyridine rings is 1. The molecule has 1 heterocycles. The van der Waals surface area contributed by atoms with Gasteiger partial charge >= 0.3 is 5.69 Å². The number of anilines is 1. The van der Waals surface area contributed by atoms with Crippen molar-refractivity contribution in [3.05, 3.63) is 34.5 Å². The summed E-state index contributed by atoms with van der Waals surface area (Å²) < 4.78 is 5.10. The largest absolute Gasteiger partial charge is 0.496 e. The highest BCUT2D eigenvalue weighted by molar-refractivity contribution is 5.98. The number of hydrogen-bond donors (Lipinski definition) is 1. The summed E-state index contributed by atoms with van der Waals surface area (Å²) >= 11 is 0. The highest BCUT2D eigenvalue weighted by atomic mass is 16.6. The third-order valence-corrected chi connectivity index (χ3v) is 2.29. The number of rotatable bonds is 2. The van der Waals surface area contributed by atoms with Gasteiger partial charge in [0, 0.05) is 0 Å². The summed E-state index contributed by atoms with van der Waals surface area (Å²) in [6, 6.07) is 5.15. The first kappa shape index (κ1) is 10.2. The summed E-state index contributed by atoms with van der Waals surface area (Å²) in [5.74, 6) is 0.478. The Bertz CT molecular complexity index is 568. The number of fused-ring (bicyclic) bond motifs is 1. The highest BCUT2D eigenvalue weighted by Gasteiger charge is 2.17. The molecular formula is C10H9N3O3. The van der Waals surface area contributed by atoms with Crippen molar-refractivity contribution < 1.29 is 9.66 Å². The maximum atomic E-state index is 10.7. The monoisotopic (exact) mass is 219 g/mol. The van der Waals surface area contributed by atoms with Crippen LogP contribution in [0.25, 0.3) is 10.9 Å². The van der Waals surface area contributed by atoms with Crippen LogP contribution in [-0.2, 0) is 0 Å². The Morgan fingerprint density at radius 1 is 1.50 bits per heavy atom. The Balaban J connectivity index is 2.86. The van der Waals surface area contributed by atoms with Crippen LogP contribution in [0.4, 0.5) is 11.4 Å². The molecule has 0 bridgehead atoms. The standard InChI is InChI=1S/C10H9N3O3/c1-16-8-4-2-3-6-9(8)10(11)7(5-12-6)13(14)15/h2-5H,1H3,(H2,11,12). The minimum absolute atomic E-state index is 0.0763. The molecule has 0 saturated carbocycles. The summed E-state index contributed by atoms with van der Waals surface area (Å²) in [5.41, 5.74) is 6.17. The Kier molecular flexibility index (Phi) is 2.32. The zero-order chi connectivity index (χ0) is 11.7. The zero-order valence-corrected chi connectivity index (χ0v) is 8.51. The predicted octanol–water partition coefficient (Wildman–Crippen LogP) is 1.73. The van der Waals surface area contributed by atoms with Gasteiger partial charge in [-0.1, -0.05) is 6.07 Å². The van der Waals surface area contributed by atoms with E-state index in [9.17, 15) is 10.1 Å². The molecule has 0 saturated heterocycles. The van der Waals surface area contributed by atoms with Crippen molar-refractivity contribution in [2.45, 2.75) is 0 Å². The number of nitrogens with two attached hydrogens (primary N) is 1. The molecule has 2 N–H and O–H groups in total. The predicted molar refractivity (Wildman–Crippen MR) is 59.4 cm³/mol. The number of nitro groups is 1. The van der Waals surface area contributed by atoms with Gasteiger partial charge in [0.2, 0.25) is 0 Å². The molecular weight excluding hydrogens is 210 g/mol. The fourth-order valence-corrected chi connectivity index (χ4v) is 1.54. The first-order valence-corrected chi connectivity index (χ1v) is 4.50. The molecule has 0 aliphatic carbocycles. The van der Waals surface area contributed by atoms with Crippen LogP contribution in [-0.4, -0.2) is 17.0 Å². The molecule has 0 unspecified atom stereocenters. The smallest absolute Gasteiger partial charge is 0.311 e. The van der Waals surface area contributed by atoms with Gasteiger partial charge in [0.25, 0.3) is 0 Å². The summed E-state index contributed by atoms with van der Waals surface area (Å²) in [4.78, 5) is 14.1. The van der Waals surface area contributed by atoms with Gasteiger partial charge in [0.1, 0.15) is 17.6 Å². The average Bonchev–Trinajstić information content (AvgIpc) is 2.28. The lowest BCUT2D eigenvalue weighted by Crippen LogP contribution is -1.99. The van der Waals surface area contributed by atoms with Crippen molar-refractivity contribution in [1.82, 2.24) is 4.98 Å². The number of hydrogen-bond acceptors (Lipinski definition) is 5. The Hall–Kier alpha value is -2.37. The van der Waals surface area contributed by atoms with Crippen LogP contribution in [0.1, 0.15) is 0 Å². The average molecular weight is 219 g/mol. The van der Waals surface area contributed by atoms with Crippen molar-refractivity contribution in [3.8, 4) is 5.75 Å². The van der Waals surface area contributed by atoms with E-state index in [0.29, 0.717) is 16.7 Å². The van der Waals surface area contributed by atoms with Gasteiger partial charge < -0.3 is 10.5 Å². The van der Waals surface area contributed by atoms with Crippen LogP contribution in [0.2, 0.25) is 0 Å². The molecule has 6 heteroatoms. The number of aromatic nitrogens is 1. The lowest BCUT2D eigenvalue weighted by Gasteiger charge is -2.06. The third-order valence-electron chi connectivity index (χ3n) is 2.29. The van der Waals surface area contributed by atoms with Crippen LogP contribution in [0.3, 0.4) is 0 Å². The normalized spacial score (nSPS) is 10.3. The highest BCUT2D eigenvalue weighted by Crippen LogP contribution is 2.34. The first-order valence-electron chi connectivity index (χ1n) is 4.50. The lowest BCUT2D eigenvalue weighted by atomic mass is 10.1. The van der Waals surface area contributed by atoms with Crippen LogP contribution in [0.15, 0.2) is 24.4 Å². The van der Waals surface area contributed by atoms with Gasteiger partial charge in [-0.25, -0.2) is 4.98 Å². The van der Waals surface area contributed by atoms with Gasteiger partial charge in [0.05, 0.1) is 22.9 Å². The number of nitrogen functional groups attached to an aromatic ring is 1. The molecule has 1 aromatic heterocycles. The Morgan fingerprint density at radius 3 is 2.88 bits per heavy atom. The molecule has 0 spiro atoms. The van der Waals surface area contributed by atoms with E-state index in [1.807, 2.05) is 0 Å². The molecule has 1 aromatic carbocycles. The van der Waals surface area contributed by atoms with Crippen molar-refractivity contribution in [1.29, 1.82) is 0 Å². The van der Waals surface area contributed by atoms with E-state index in [1.165, 1.54) is 7.11 Å². The van der Waals surface area contributed by atoms with Gasteiger partial charge in [-0.2, -0.15) is 0 Å². The fourth-order valence-electron chi connectivity index (χ4n) is 1.54. The number of methoxy groups -OCH3 is 1. The maximum absolute atomic E-state index is 10.7. The number of ether oxygens (including phenoxy) is 1. The van der Waals surface area contributed by atoms with Crippen molar-refractivity contribution in [3.63, 3.8) is 0 Å². The molecule has 0 aliphatic heterocycles. The summed E-state index contributed by atoms with van der Waals surface area (Å²) in [6.07, 6.45) is 1.15. The van der Waals surface area contributed by atoms with E-state index in [-0.39, 0.29) is 11.4 Å². The molecule has 2 aromatic rings. The summed E-state index contributed by atoms with van der Waals surface area (Å²) in [6.45, 7) is 0. The molecule has 6 nitrogen and oxygen atoms in total. The lowest BCUT2D eigenvalue weighted by molar-refractivity contribution is -0.384. The van der Waals surface area contributed by atoms with Crippen molar-refractivity contribution in [2.24, 2.45) is 0 Å².